The molecule has 2 nitrogen and oxygen atoms in total. The Labute approximate surface area is 111 Å². The van der Waals surface area contributed by atoms with Crippen LogP contribution in [0.2, 0.25) is 0 Å². The molecule has 0 amide bonds. The van der Waals surface area contributed by atoms with Gasteiger partial charge in [0, 0.05) is 11.6 Å². The van der Waals surface area contributed by atoms with Crippen molar-refractivity contribution in [2.75, 3.05) is 13.2 Å². The van der Waals surface area contributed by atoms with E-state index in [0.29, 0.717) is 12.6 Å². The van der Waals surface area contributed by atoms with Crippen LogP contribution in [0.15, 0.2) is 36.4 Å². The second-order valence-electron chi connectivity index (χ2n) is 4.61. The Morgan fingerprint density at radius 2 is 2.06 bits per heavy atom. The lowest BCUT2D eigenvalue weighted by atomic mass is 10.1. The van der Waals surface area contributed by atoms with E-state index in [0.717, 1.165) is 30.7 Å². The molecule has 0 aliphatic heterocycles. The van der Waals surface area contributed by atoms with Crippen LogP contribution in [0.1, 0.15) is 45.2 Å². The van der Waals surface area contributed by atoms with Crippen molar-refractivity contribution in [3.05, 3.63) is 42.0 Å². The molecule has 1 N–H and O–H groups in total. The molecular weight excluding hydrogens is 222 g/mol. The van der Waals surface area contributed by atoms with Crippen LogP contribution >= 0.6 is 0 Å². The van der Waals surface area contributed by atoms with E-state index in [1.54, 1.807) is 0 Å². The third kappa shape index (κ3) is 4.53. The van der Waals surface area contributed by atoms with Gasteiger partial charge in [0.15, 0.2) is 0 Å². The molecule has 0 aromatic heterocycles. The summed E-state index contributed by atoms with van der Waals surface area (Å²) in [5.74, 6) is 0.961. The SMILES string of the molecule is C=C(CC)COc1ccccc1C(C)NCCC. The van der Waals surface area contributed by atoms with Crippen LogP contribution in [0.25, 0.3) is 0 Å². The average molecular weight is 247 g/mol. The molecule has 1 atom stereocenters. The van der Waals surface area contributed by atoms with Crippen molar-refractivity contribution in [2.45, 2.75) is 39.7 Å². The van der Waals surface area contributed by atoms with Crippen LogP contribution < -0.4 is 10.1 Å². The van der Waals surface area contributed by atoms with Gasteiger partial charge < -0.3 is 10.1 Å². The van der Waals surface area contributed by atoms with Crippen molar-refractivity contribution in [3.63, 3.8) is 0 Å². The first-order valence-electron chi connectivity index (χ1n) is 6.80. The normalized spacial score (nSPS) is 12.2. The Kier molecular flexibility index (Phi) is 6.51. The minimum atomic E-state index is 0.316. The predicted octanol–water partition coefficient (Wildman–Crippen LogP) is 4.09. The summed E-state index contributed by atoms with van der Waals surface area (Å²) in [6.45, 7) is 12.0. The van der Waals surface area contributed by atoms with Gasteiger partial charge in [-0.15, -0.1) is 0 Å². The van der Waals surface area contributed by atoms with E-state index in [1.807, 2.05) is 12.1 Å². The summed E-state index contributed by atoms with van der Waals surface area (Å²) in [6, 6.07) is 8.54. The number of hydrogen-bond acceptors (Lipinski definition) is 2. The van der Waals surface area contributed by atoms with E-state index in [-0.39, 0.29) is 0 Å². The summed E-state index contributed by atoms with van der Waals surface area (Å²) < 4.78 is 5.85. The van der Waals surface area contributed by atoms with Gasteiger partial charge in [0.1, 0.15) is 12.4 Å². The van der Waals surface area contributed by atoms with Gasteiger partial charge in [-0.1, -0.05) is 38.6 Å². The molecule has 0 fully saturated rings. The van der Waals surface area contributed by atoms with Gasteiger partial charge in [0.25, 0.3) is 0 Å². The molecule has 0 aliphatic rings. The second kappa shape index (κ2) is 7.93. The summed E-state index contributed by atoms with van der Waals surface area (Å²) in [5, 5.41) is 3.49. The highest BCUT2D eigenvalue weighted by atomic mass is 16.5. The van der Waals surface area contributed by atoms with Crippen molar-refractivity contribution in [1.82, 2.24) is 5.32 Å². The quantitative estimate of drug-likeness (QED) is 0.699. The molecule has 0 spiro atoms. The predicted molar refractivity (Wildman–Crippen MR) is 78.1 cm³/mol. The van der Waals surface area contributed by atoms with E-state index in [1.165, 1.54) is 5.56 Å². The molecule has 1 unspecified atom stereocenters. The molecule has 0 heterocycles. The number of ether oxygens (including phenoxy) is 1. The van der Waals surface area contributed by atoms with E-state index in [4.69, 9.17) is 4.74 Å². The first kappa shape index (κ1) is 14.8. The van der Waals surface area contributed by atoms with Gasteiger partial charge in [-0.2, -0.15) is 0 Å². The van der Waals surface area contributed by atoms with E-state index < -0.39 is 0 Å². The van der Waals surface area contributed by atoms with Crippen molar-refractivity contribution >= 4 is 0 Å². The summed E-state index contributed by atoms with van der Waals surface area (Å²) >= 11 is 0. The minimum absolute atomic E-state index is 0.316. The molecule has 0 aliphatic carbocycles. The summed E-state index contributed by atoms with van der Waals surface area (Å²) in [7, 11) is 0. The first-order chi connectivity index (χ1) is 8.69. The zero-order valence-electron chi connectivity index (χ0n) is 11.8. The highest BCUT2D eigenvalue weighted by molar-refractivity contribution is 5.35. The molecule has 0 saturated carbocycles. The molecule has 0 saturated heterocycles. The molecule has 2 heteroatoms. The monoisotopic (exact) mass is 247 g/mol. The van der Waals surface area contributed by atoms with Crippen LogP contribution in [-0.4, -0.2) is 13.2 Å². The topological polar surface area (TPSA) is 21.3 Å². The first-order valence-corrected chi connectivity index (χ1v) is 6.80. The van der Waals surface area contributed by atoms with Gasteiger partial charge in [-0.05, 0) is 37.9 Å². The molecule has 0 radical (unpaired) electrons. The van der Waals surface area contributed by atoms with Gasteiger partial charge in [0.05, 0.1) is 0 Å². The molecule has 1 aromatic rings. The fraction of sp³-hybridized carbons (Fsp3) is 0.500. The summed E-state index contributed by atoms with van der Waals surface area (Å²) in [5.41, 5.74) is 2.34. The molecule has 1 aromatic carbocycles. The number of para-hydroxylation sites is 1. The third-order valence-electron chi connectivity index (χ3n) is 3.02. The lowest BCUT2D eigenvalue weighted by molar-refractivity contribution is 0.341. The van der Waals surface area contributed by atoms with Gasteiger partial charge in [0.2, 0.25) is 0 Å². The third-order valence-corrected chi connectivity index (χ3v) is 3.02. The maximum absolute atomic E-state index is 5.85. The van der Waals surface area contributed by atoms with Gasteiger partial charge in [-0.25, -0.2) is 0 Å². The molecular formula is C16H25NO. The fourth-order valence-electron chi connectivity index (χ4n) is 1.72. The lowest BCUT2D eigenvalue weighted by Crippen LogP contribution is -2.20. The Morgan fingerprint density at radius 3 is 2.72 bits per heavy atom. The Bertz CT molecular complexity index is 373. The smallest absolute Gasteiger partial charge is 0.124 e. The Balaban J connectivity index is 2.69. The van der Waals surface area contributed by atoms with E-state index in [9.17, 15) is 0 Å². The zero-order valence-corrected chi connectivity index (χ0v) is 11.8. The summed E-state index contributed by atoms with van der Waals surface area (Å²) in [4.78, 5) is 0. The largest absolute Gasteiger partial charge is 0.489 e. The second-order valence-corrected chi connectivity index (χ2v) is 4.61. The molecule has 1 rings (SSSR count). The van der Waals surface area contributed by atoms with Crippen LogP contribution in [-0.2, 0) is 0 Å². The minimum Gasteiger partial charge on any atom is -0.489 e. The lowest BCUT2D eigenvalue weighted by Gasteiger charge is -2.18. The molecule has 0 bridgehead atoms. The molecule has 18 heavy (non-hydrogen) atoms. The van der Waals surface area contributed by atoms with Crippen LogP contribution in [0, 0.1) is 0 Å². The Morgan fingerprint density at radius 1 is 1.33 bits per heavy atom. The maximum Gasteiger partial charge on any atom is 0.124 e. The van der Waals surface area contributed by atoms with Gasteiger partial charge >= 0.3 is 0 Å². The van der Waals surface area contributed by atoms with Gasteiger partial charge in [-0.3, -0.25) is 0 Å². The standard InChI is InChI=1S/C16H25NO/c1-5-11-17-14(4)15-9-7-8-10-16(15)18-12-13(3)6-2/h7-10,14,17H,3,5-6,11-12H2,1-2,4H3. The van der Waals surface area contributed by atoms with Crippen LogP contribution in [0.3, 0.4) is 0 Å². The van der Waals surface area contributed by atoms with E-state index >= 15 is 0 Å². The highest BCUT2D eigenvalue weighted by Crippen LogP contribution is 2.25. The van der Waals surface area contributed by atoms with Crippen molar-refractivity contribution < 1.29 is 4.74 Å². The van der Waals surface area contributed by atoms with Crippen molar-refractivity contribution in [3.8, 4) is 5.75 Å². The number of hydrogen-bond donors (Lipinski definition) is 1. The van der Waals surface area contributed by atoms with E-state index in [2.05, 4.69) is 44.8 Å². The van der Waals surface area contributed by atoms with Crippen LogP contribution in [0.5, 0.6) is 5.75 Å². The number of rotatable bonds is 8. The van der Waals surface area contributed by atoms with Crippen LogP contribution in [0.4, 0.5) is 0 Å². The highest BCUT2D eigenvalue weighted by Gasteiger charge is 2.10. The maximum atomic E-state index is 5.85. The average Bonchev–Trinajstić information content (AvgIpc) is 2.42. The number of nitrogens with one attached hydrogen (secondary N) is 1. The number of benzene rings is 1. The van der Waals surface area contributed by atoms with Crippen molar-refractivity contribution in [1.29, 1.82) is 0 Å². The van der Waals surface area contributed by atoms with Crippen molar-refractivity contribution in [2.24, 2.45) is 0 Å². The Hall–Kier alpha value is -1.28. The molecule has 100 valence electrons. The fourth-order valence-corrected chi connectivity index (χ4v) is 1.72. The zero-order chi connectivity index (χ0) is 13.4. The summed E-state index contributed by atoms with van der Waals surface area (Å²) in [6.07, 6.45) is 2.10.